The number of carbonyl (C=O) groups excluding carboxylic acids is 1. The molecule has 2 fully saturated rings. The van der Waals surface area contributed by atoms with Crippen molar-refractivity contribution in [1.29, 1.82) is 0 Å². The number of carbonyl (C=O) groups is 2. The van der Waals surface area contributed by atoms with Crippen LogP contribution in [-0.2, 0) is 21.4 Å². The number of nitrogens with one attached hydrogen (secondary N) is 1. The summed E-state index contributed by atoms with van der Waals surface area (Å²) < 4.78 is 0. The SMILES string of the molecule is O=C(O)C(CC1CC1)NC(=O)C1CC12CCc1ccccc12. The number of aryl methyl sites for hydroxylation is 1. The molecule has 3 aliphatic carbocycles. The second kappa shape index (κ2) is 4.83. The zero-order valence-electron chi connectivity index (χ0n) is 12.5. The largest absolute Gasteiger partial charge is 0.480 e. The molecule has 0 radical (unpaired) electrons. The van der Waals surface area contributed by atoms with Crippen LogP contribution in [0.5, 0.6) is 0 Å². The van der Waals surface area contributed by atoms with E-state index in [-0.39, 0.29) is 17.2 Å². The second-order valence-corrected chi connectivity index (χ2v) is 7.15. The molecule has 1 spiro atoms. The average molecular weight is 299 g/mol. The number of carboxylic acid groups (broad SMARTS) is 1. The van der Waals surface area contributed by atoms with Crippen LogP contribution >= 0.6 is 0 Å². The molecular formula is C18H21NO3. The van der Waals surface area contributed by atoms with E-state index in [4.69, 9.17) is 0 Å². The number of carboxylic acids is 1. The van der Waals surface area contributed by atoms with Crippen LogP contribution in [0.1, 0.15) is 43.2 Å². The lowest BCUT2D eigenvalue weighted by Gasteiger charge is -2.16. The van der Waals surface area contributed by atoms with Gasteiger partial charge in [-0.1, -0.05) is 37.1 Å². The zero-order chi connectivity index (χ0) is 15.3. The lowest BCUT2D eigenvalue weighted by Crippen LogP contribution is -2.42. The number of aliphatic carboxylic acids is 1. The second-order valence-electron chi connectivity index (χ2n) is 7.15. The summed E-state index contributed by atoms with van der Waals surface area (Å²) in [7, 11) is 0. The van der Waals surface area contributed by atoms with E-state index in [0.29, 0.717) is 12.3 Å². The number of rotatable bonds is 5. The third-order valence-corrected chi connectivity index (χ3v) is 5.67. The molecule has 1 aromatic carbocycles. The zero-order valence-corrected chi connectivity index (χ0v) is 12.5. The summed E-state index contributed by atoms with van der Waals surface area (Å²) in [5, 5.41) is 12.1. The molecule has 4 heteroatoms. The fraction of sp³-hybridized carbons (Fsp3) is 0.556. The highest BCUT2D eigenvalue weighted by Crippen LogP contribution is 2.61. The Labute approximate surface area is 129 Å². The lowest BCUT2D eigenvalue weighted by atomic mass is 9.95. The first-order valence-electron chi connectivity index (χ1n) is 8.22. The van der Waals surface area contributed by atoms with Crippen molar-refractivity contribution in [1.82, 2.24) is 5.32 Å². The Hall–Kier alpha value is -1.84. The number of hydrogen-bond donors (Lipinski definition) is 2. The van der Waals surface area contributed by atoms with E-state index in [0.717, 1.165) is 32.1 Å². The van der Waals surface area contributed by atoms with Crippen LogP contribution in [0.25, 0.3) is 0 Å². The molecule has 0 aliphatic heterocycles. The summed E-state index contributed by atoms with van der Waals surface area (Å²) in [6.45, 7) is 0. The molecule has 0 saturated heterocycles. The van der Waals surface area contributed by atoms with E-state index in [1.54, 1.807) is 0 Å². The molecule has 4 rings (SSSR count). The molecule has 2 saturated carbocycles. The van der Waals surface area contributed by atoms with E-state index in [1.165, 1.54) is 11.1 Å². The van der Waals surface area contributed by atoms with E-state index in [1.807, 2.05) is 12.1 Å². The molecule has 0 aromatic heterocycles. The van der Waals surface area contributed by atoms with E-state index in [9.17, 15) is 14.7 Å². The maximum atomic E-state index is 12.5. The monoisotopic (exact) mass is 299 g/mol. The van der Waals surface area contributed by atoms with Gasteiger partial charge in [0, 0.05) is 11.3 Å². The van der Waals surface area contributed by atoms with Crippen molar-refractivity contribution in [3.63, 3.8) is 0 Å². The van der Waals surface area contributed by atoms with Gasteiger partial charge in [0.15, 0.2) is 0 Å². The average Bonchev–Trinajstić information content (AvgIpc) is 3.38. The van der Waals surface area contributed by atoms with Crippen LogP contribution in [0, 0.1) is 11.8 Å². The molecule has 2 N–H and O–H groups in total. The van der Waals surface area contributed by atoms with Crippen LogP contribution < -0.4 is 5.32 Å². The van der Waals surface area contributed by atoms with Gasteiger partial charge in [-0.3, -0.25) is 4.79 Å². The first-order valence-corrected chi connectivity index (χ1v) is 8.22. The van der Waals surface area contributed by atoms with Crippen molar-refractivity contribution in [3.8, 4) is 0 Å². The van der Waals surface area contributed by atoms with Crippen molar-refractivity contribution in [2.24, 2.45) is 11.8 Å². The van der Waals surface area contributed by atoms with Crippen molar-refractivity contribution in [3.05, 3.63) is 35.4 Å². The smallest absolute Gasteiger partial charge is 0.326 e. The van der Waals surface area contributed by atoms with Gasteiger partial charge in [0.2, 0.25) is 5.91 Å². The summed E-state index contributed by atoms with van der Waals surface area (Å²) in [6.07, 6.45) is 5.69. The summed E-state index contributed by atoms with van der Waals surface area (Å²) in [4.78, 5) is 23.9. The Morgan fingerprint density at radius 2 is 2.09 bits per heavy atom. The molecule has 22 heavy (non-hydrogen) atoms. The molecule has 1 amide bonds. The van der Waals surface area contributed by atoms with Crippen LogP contribution in [-0.4, -0.2) is 23.0 Å². The highest BCUT2D eigenvalue weighted by Gasteiger charge is 2.61. The maximum Gasteiger partial charge on any atom is 0.326 e. The van der Waals surface area contributed by atoms with Gasteiger partial charge in [0.1, 0.15) is 6.04 Å². The van der Waals surface area contributed by atoms with Gasteiger partial charge in [0.25, 0.3) is 0 Å². The molecular weight excluding hydrogens is 278 g/mol. The van der Waals surface area contributed by atoms with Gasteiger partial charge < -0.3 is 10.4 Å². The quantitative estimate of drug-likeness (QED) is 0.876. The van der Waals surface area contributed by atoms with E-state index in [2.05, 4.69) is 17.4 Å². The third kappa shape index (κ3) is 2.21. The van der Waals surface area contributed by atoms with Crippen LogP contribution in [0.2, 0.25) is 0 Å². The van der Waals surface area contributed by atoms with Crippen molar-refractivity contribution in [2.45, 2.75) is 50.0 Å². The molecule has 0 heterocycles. The minimum Gasteiger partial charge on any atom is -0.480 e. The first kappa shape index (κ1) is 13.8. The Bertz CT molecular complexity index is 637. The van der Waals surface area contributed by atoms with Crippen molar-refractivity contribution < 1.29 is 14.7 Å². The van der Waals surface area contributed by atoms with Gasteiger partial charge in [0.05, 0.1) is 0 Å². The molecule has 3 aliphatic rings. The van der Waals surface area contributed by atoms with E-state index >= 15 is 0 Å². The lowest BCUT2D eigenvalue weighted by molar-refractivity contribution is -0.142. The van der Waals surface area contributed by atoms with Gasteiger partial charge in [-0.2, -0.15) is 0 Å². The van der Waals surface area contributed by atoms with Gasteiger partial charge in [-0.15, -0.1) is 0 Å². The summed E-state index contributed by atoms with van der Waals surface area (Å²) in [6, 6.07) is 7.64. The Kier molecular flexibility index (Phi) is 3.03. The Morgan fingerprint density at radius 1 is 1.32 bits per heavy atom. The van der Waals surface area contributed by atoms with Crippen LogP contribution in [0.15, 0.2) is 24.3 Å². The highest BCUT2D eigenvalue weighted by atomic mass is 16.4. The molecule has 0 bridgehead atoms. The number of amides is 1. The van der Waals surface area contributed by atoms with Crippen LogP contribution in [0.4, 0.5) is 0 Å². The van der Waals surface area contributed by atoms with Crippen molar-refractivity contribution >= 4 is 11.9 Å². The summed E-state index contributed by atoms with van der Waals surface area (Å²) in [5.41, 5.74) is 2.65. The van der Waals surface area contributed by atoms with Crippen LogP contribution in [0.3, 0.4) is 0 Å². The number of fused-ring (bicyclic) bond motifs is 2. The summed E-state index contributed by atoms with van der Waals surface area (Å²) in [5.74, 6) is -0.523. The van der Waals surface area contributed by atoms with Gasteiger partial charge >= 0.3 is 5.97 Å². The number of benzene rings is 1. The van der Waals surface area contributed by atoms with E-state index < -0.39 is 12.0 Å². The first-order chi connectivity index (χ1) is 10.6. The molecule has 3 unspecified atom stereocenters. The minimum absolute atomic E-state index is 0.0106. The Balaban J connectivity index is 1.45. The topological polar surface area (TPSA) is 66.4 Å². The molecule has 4 nitrogen and oxygen atoms in total. The van der Waals surface area contributed by atoms with Gasteiger partial charge in [-0.05, 0) is 42.7 Å². The predicted molar refractivity (Wildman–Crippen MR) is 81.5 cm³/mol. The Morgan fingerprint density at radius 3 is 2.82 bits per heavy atom. The number of hydrogen-bond acceptors (Lipinski definition) is 2. The predicted octanol–water partition coefficient (Wildman–Crippen LogP) is 2.26. The molecule has 116 valence electrons. The highest BCUT2D eigenvalue weighted by molar-refractivity contribution is 5.89. The molecule has 1 aromatic rings. The van der Waals surface area contributed by atoms with Crippen molar-refractivity contribution in [2.75, 3.05) is 0 Å². The normalized spacial score (nSPS) is 29.9. The fourth-order valence-corrected chi connectivity index (χ4v) is 4.12. The maximum absolute atomic E-state index is 12.5. The minimum atomic E-state index is -0.901. The summed E-state index contributed by atoms with van der Waals surface area (Å²) >= 11 is 0. The third-order valence-electron chi connectivity index (χ3n) is 5.67. The molecule has 3 atom stereocenters. The standard InChI is InChI=1S/C18H21NO3/c20-16(19-15(17(21)22)9-11-5-6-11)14-10-18(14)8-7-12-3-1-2-4-13(12)18/h1-4,11,14-15H,5-10H2,(H,19,20)(H,21,22). The fourth-order valence-electron chi connectivity index (χ4n) is 4.12. The van der Waals surface area contributed by atoms with Gasteiger partial charge in [-0.25, -0.2) is 4.79 Å².